The summed E-state index contributed by atoms with van der Waals surface area (Å²) in [5, 5.41) is 28.9. The van der Waals surface area contributed by atoms with Gasteiger partial charge < -0.3 is 20.3 Å². The van der Waals surface area contributed by atoms with Crippen LogP contribution in [-0.4, -0.2) is 20.3 Å². The molecule has 0 atom stereocenters. The maximum Gasteiger partial charge on any atom is 0.256 e. The number of H-pyrrole nitrogens is 1. The Hall–Kier alpha value is -2.95. The summed E-state index contributed by atoms with van der Waals surface area (Å²) < 4.78 is 0. The van der Waals surface area contributed by atoms with E-state index in [4.69, 9.17) is 0 Å². The Morgan fingerprint density at radius 2 is 1.55 bits per heavy atom. The molecule has 0 aliphatic rings. The number of phenolic OH excluding ortho intramolecular Hbond substituents is 3. The van der Waals surface area contributed by atoms with Gasteiger partial charge in [-0.3, -0.25) is 4.79 Å². The van der Waals surface area contributed by atoms with Gasteiger partial charge in [-0.25, -0.2) is 0 Å². The average Bonchev–Trinajstić information content (AvgIpc) is 2.39. The number of phenols is 3. The lowest BCUT2D eigenvalue weighted by atomic mass is 10.0. The first-order valence-electron chi connectivity index (χ1n) is 5.93. The van der Waals surface area contributed by atoms with Crippen molar-refractivity contribution in [3.05, 3.63) is 52.8 Å². The Labute approximate surface area is 113 Å². The van der Waals surface area contributed by atoms with E-state index in [2.05, 4.69) is 4.98 Å². The minimum Gasteiger partial charge on any atom is -0.508 e. The van der Waals surface area contributed by atoms with Crippen LogP contribution in [0.25, 0.3) is 22.0 Å². The van der Waals surface area contributed by atoms with E-state index in [9.17, 15) is 20.1 Å². The van der Waals surface area contributed by atoms with Crippen molar-refractivity contribution >= 4 is 10.9 Å². The van der Waals surface area contributed by atoms with Crippen LogP contribution in [-0.2, 0) is 0 Å². The number of hydrogen-bond donors (Lipinski definition) is 4. The normalized spacial score (nSPS) is 10.8. The predicted octanol–water partition coefficient (Wildman–Crippen LogP) is 2.31. The summed E-state index contributed by atoms with van der Waals surface area (Å²) in [5.74, 6) is -0.127. The van der Waals surface area contributed by atoms with Gasteiger partial charge in [-0.2, -0.15) is 0 Å². The molecule has 0 fully saturated rings. The van der Waals surface area contributed by atoms with E-state index in [-0.39, 0.29) is 22.8 Å². The number of rotatable bonds is 1. The zero-order valence-corrected chi connectivity index (χ0v) is 10.3. The first kappa shape index (κ1) is 12.1. The monoisotopic (exact) mass is 269 g/mol. The Bertz CT molecular complexity index is 850. The van der Waals surface area contributed by atoms with Crippen molar-refractivity contribution in [1.82, 2.24) is 4.98 Å². The highest BCUT2D eigenvalue weighted by Gasteiger charge is 2.09. The van der Waals surface area contributed by atoms with E-state index in [0.717, 1.165) is 0 Å². The number of benzene rings is 2. The first-order chi connectivity index (χ1) is 9.54. The summed E-state index contributed by atoms with van der Waals surface area (Å²) in [6, 6.07) is 10.3. The van der Waals surface area contributed by atoms with Gasteiger partial charge >= 0.3 is 0 Å². The molecule has 5 nitrogen and oxygen atoms in total. The Morgan fingerprint density at radius 3 is 2.25 bits per heavy atom. The second-order valence-electron chi connectivity index (χ2n) is 4.49. The maximum absolute atomic E-state index is 12.1. The molecule has 0 unspecified atom stereocenters. The number of nitrogens with one attached hydrogen (secondary N) is 1. The molecule has 20 heavy (non-hydrogen) atoms. The van der Waals surface area contributed by atoms with E-state index in [1.165, 1.54) is 24.3 Å². The molecular weight excluding hydrogens is 258 g/mol. The number of pyridine rings is 1. The lowest BCUT2D eigenvalue weighted by Gasteiger charge is -2.06. The number of aromatic nitrogens is 1. The summed E-state index contributed by atoms with van der Waals surface area (Å²) in [5.41, 5.74) is 1.01. The van der Waals surface area contributed by atoms with Gasteiger partial charge in [0.05, 0.1) is 5.52 Å². The van der Waals surface area contributed by atoms with E-state index in [1.807, 2.05) is 0 Å². The summed E-state index contributed by atoms with van der Waals surface area (Å²) in [7, 11) is 0. The van der Waals surface area contributed by atoms with Crippen molar-refractivity contribution in [3.8, 4) is 28.4 Å². The number of aromatic amines is 1. The quantitative estimate of drug-likeness (QED) is 0.545. The molecule has 2 aromatic carbocycles. The summed E-state index contributed by atoms with van der Waals surface area (Å²) >= 11 is 0. The van der Waals surface area contributed by atoms with Crippen LogP contribution < -0.4 is 5.56 Å². The Kier molecular flexibility index (Phi) is 2.61. The van der Waals surface area contributed by atoms with Crippen LogP contribution in [0.3, 0.4) is 0 Å². The first-order valence-corrected chi connectivity index (χ1v) is 5.93. The molecule has 0 amide bonds. The maximum atomic E-state index is 12.1. The third-order valence-corrected chi connectivity index (χ3v) is 3.10. The third kappa shape index (κ3) is 1.95. The van der Waals surface area contributed by atoms with Crippen molar-refractivity contribution in [1.29, 1.82) is 0 Å². The molecule has 0 spiro atoms. The van der Waals surface area contributed by atoms with Crippen molar-refractivity contribution in [2.45, 2.75) is 0 Å². The van der Waals surface area contributed by atoms with Gasteiger partial charge in [-0.15, -0.1) is 0 Å². The zero-order chi connectivity index (χ0) is 14.3. The summed E-state index contributed by atoms with van der Waals surface area (Å²) in [6.07, 6.45) is 0. The lowest BCUT2D eigenvalue weighted by molar-refractivity contribution is 0.455. The Balaban J connectivity index is 2.29. The molecule has 100 valence electrons. The fourth-order valence-electron chi connectivity index (χ4n) is 2.13. The standard InChI is InChI=1S/C15H11NO4/c17-9-3-1-8(2-4-9)11-7-12-13(16-15(11)20)5-10(18)6-14(12)19/h1-7,17-19H,(H,16,20). The molecule has 3 aromatic rings. The minimum atomic E-state index is -0.340. The Morgan fingerprint density at radius 1 is 0.850 bits per heavy atom. The molecule has 0 radical (unpaired) electrons. The molecule has 0 aliphatic carbocycles. The second-order valence-corrected chi connectivity index (χ2v) is 4.49. The number of fused-ring (bicyclic) bond motifs is 1. The molecule has 0 saturated carbocycles. The largest absolute Gasteiger partial charge is 0.508 e. The minimum absolute atomic E-state index is 0.110. The molecule has 3 rings (SSSR count). The van der Waals surface area contributed by atoms with Crippen LogP contribution in [0, 0.1) is 0 Å². The molecule has 0 bridgehead atoms. The fourth-order valence-corrected chi connectivity index (χ4v) is 2.13. The molecule has 5 heteroatoms. The molecular formula is C15H11NO4. The van der Waals surface area contributed by atoms with Gasteiger partial charge in [-0.1, -0.05) is 12.1 Å². The SMILES string of the molecule is O=c1[nH]c2cc(O)cc(O)c2cc1-c1ccc(O)cc1. The molecule has 1 heterocycles. The van der Waals surface area contributed by atoms with E-state index in [1.54, 1.807) is 18.2 Å². The molecule has 1 aromatic heterocycles. The fraction of sp³-hybridized carbons (Fsp3) is 0. The highest BCUT2D eigenvalue weighted by atomic mass is 16.3. The smallest absolute Gasteiger partial charge is 0.256 e. The van der Waals surface area contributed by atoms with Gasteiger partial charge in [0.25, 0.3) is 5.56 Å². The molecule has 0 saturated heterocycles. The van der Waals surface area contributed by atoms with Gasteiger partial charge in [0.2, 0.25) is 0 Å². The van der Waals surface area contributed by atoms with Gasteiger partial charge in [0, 0.05) is 23.1 Å². The number of aromatic hydroxyl groups is 3. The van der Waals surface area contributed by atoms with Crippen molar-refractivity contribution < 1.29 is 15.3 Å². The van der Waals surface area contributed by atoms with Crippen LogP contribution in [0.15, 0.2) is 47.3 Å². The van der Waals surface area contributed by atoms with E-state index >= 15 is 0 Å². The summed E-state index contributed by atoms with van der Waals surface area (Å²) in [6.45, 7) is 0. The van der Waals surface area contributed by atoms with E-state index in [0.29, 0.717) is 22.0 Å². The van der Waals surface area contributed by atoms with Gasteiger partial charge in [0.15, 0.2) is 0 Å². The van der Waals surface area contributed by atoms with Crippen LogP contribution in [0.2, 0.25) is 0 Å². The topological polar surface area (TPSA) is 93.6 Å². The van der Waals surface area contributed by atoms with Gasteiger partial charge in [-0.05, 0) is 23.8 Å². The zero-order valence-electron chi connectivity index (χ0n) is 10.3. The van der Waals surface area contributed by atoms with Gasteiger partial charge in [0.1, 0.15) is 17.2 Å². The predicted molar refractivity (Wildman–Crippen MR) is 75.0 cm³/mol. The lowest BCUT2D eigenvalue weighted by Crippen LogP contribution is -2.08. The second kappa shape index (κ2) is 4.31. The summed E-state index contributed by atoms with van der Waals surface area (Å²) in [4.78, 5) is 14.7. The molecule has 0 aliphatic heterocycles. The molecule has 4 N–H and O–H groups in total. The van der Waals surface area contributed by atoms with Crippen molar-refractivity contribution in [2.75, 3.05) is 0 Å². The van der Waals surface area contributed by atoms with Crippen molar-refractivity contribution in [2.24, 2.45) is 0 Å². The van der Waals surface area contributed by atoms with Crippen molar-refractivity contribution in [3.63, 3.8) is 0 Å². The third-order valence-electron chi connectivity index (χ3n) is 3.10. The van der Waals surface area contributed by atoms with Crippen LogP contribution in [0.5, 0.6) is 17.2 Å². The van der Waals surface area contributed by atoms with Crippen LogP contribution >= 0.6 is 0 Å². The number of hydrogen-bond acceptors (Lipinski definition) is 4. The highest BCUT2D eigenvalue weighted by Crippen LogP contribution is 2.30. The van der Waals surface area contributed by atoms with Crippen LogP contribution in [0.1, 0.15) is 0 Å². The van der Waals surface area contributed by atoms with Crippen LogP contribution in [0.4, 0.5) is 0 Å². The highest BCUT2D eigenvalue weighted by molar-refractivity contribution is 5.89. The van der Waals surface area contributed by atoms with E-state index < -0.39 is 0 Å². The average molecular weight is 269 g/mol.